The van der Waals surface area contributed by atoms with Crippen LogP contribution in [0.4, 0.5) is 0 Å². The Morgan fingerprint density at radius 3 is 2.82 bits per heavy atom. The maximum absolute atomic E-state index is 12.3. The summed E-state index contributed by atoms with van der Waals surface area (Å²) >= 11 is 4.77. The normalized spacial score (nSPS) is 10.9. The third kappa shape index (κ3) is 1.83. The number of rotatable bonds is 2. The summed E-state index contributed by atoms with van der Waals surface area (Å²) in [5.41, 5.74) is 0.694. The van der Waals surface area contributed by atoms with Crippen LogP contribution in [-0.4, -0.2) is 5.78 Å². The van der Waals surface area contributed by atoms with E-state index < -0.39 is 0 Å². The third-order valence-electron chi connectivity index (χ3n) is 2.52. The zero-order valence-corrected chi connectivity index (χ0v) is 11.0. The molecule has 0 bridgehead atoms. The number of fused-ring (bicyclic) bond motifs is 1. The van der Waals surface area contributed by atoms with Gasteiger partial charge in [0.2, 0.25) is 5.78 Å². The molecule has 17 heavy (non-hydrogen) atoms. The van der Waals surface area contributed by atoms with Gasteiger partial charge in [0.25, 0.3) is 0 Å². The quantitative estimate of drug-likeness (QED) is 0.653. The number of carbonyl (C=O) groups is 1. The summed E-state index contributed by atoms with van der Waals surface area (Å²) in [6.07, 6.45) is 0. The van der Waals surface area contributed by atoms with Crippen molar-refractivity contribution in [1.29, 1.82) is 0 Å². The minimum atomic E-state index is -0.0799. The van der Waals surface area contributed by atoms with Gasteiger partial charge in [-0.15, -0.1) is 11.3 Å². The van der Waals surface area contributed by atoms with Gasteiger partial charge in [-0.2, -0.15) is 0 Å². The Morgan fingerprint density at radius 2 is 2.06 bits per heavy atom. The van der Waals surface area contributed by atoms with Gasteiger partial charge in [0.1, 0.15) is 0 Å². The zero-order chi connectivity index (χ0) is 11.8. The van der Waals surface area contributed by atoms with E-state index in [0.29, 0.717) is 16.0 Å². The molecule has 1 aromatic carbocycles. The Hall–Kier alpha value is -1.39. The van der Waals surface area contributed by atoms with Gasteiger partial charge in [-0.05, 0) is 51.0 Å². The first kappa shape index (κ1) is 10.7. The largest absolute Gasteiger partial charge is 0.446 e. The van der Waals surface area contributed by atoms with Crippen molar-refractivity contribution in [2.45, 2.75) is 0 Å². The molecule has 3 aromatic rings. The lowest BCUT2D eigenvalue weighted by Gasteiger charge is -1.99. The number of furan rings is 1. The molecule has 84 valence electrons. The van der Waals surface area contributed by atoms with Gasteiger partial charge in [-0.1, -0.05) is 12.1 Å². The van der Waals surface area contributed by atoms with Crippen LogP contribution in [0.2, 0.25) is 0 Å². The number of hydrogen-bond acceptors (Lipinski definition) is 3. The highest BCUT2D eigenvalue weighted by Gasteiger charge is 2.16. The molecule has 0 saturated heterocycles. The Labute approximate surface area is 110 Å². The van der Waals surface area contributed by atoms with Crippen LogP contribution in [-0.2, 0) is 0 Å². The van der Waals surface area contributed by atoms with Crippen molar-refractivity contribution in [3.8, 4) is 0 Å². The number of carbonyl (C=O) groups excluding carboxylic acids is 1. The highest BCUT2D eigenvalue weighted by Crippen LogP contribution is 2.27. The first-order chi connectivity index (χ1) is 8.25. The van der Waals surface area contributed by atoms with Crippen LogP contribution in [0.25, 0.3) is 10.1 Å². The summed E-state index contributed by atoms with van der Waals surface area (Å²) < 4.78 is 6.87. The fourth-order valence-corrected chi connectivity index (χ4v) is 2.96. The van der Waals surface area contributed by atoms with E-state index in [1.807, 2.05) is 29.6 Å². The molecule has 0 aliphatic heterocycles. The van der Waals surface area contributed by atoms with Crippen LogP contribution in [0, 0.1) is 0 Å². The molecule has 0 atom stereocenters. The molecule has 0 amide bonds. The molecule has 3 rings (SSSR count). The SMILES string of the molecule is O=C(c1ccc(Br)o1)c1cccc2ccsc12. The minimum Gasteiger partial charge on any atom is -0.446 e. The van der Waals surface area contributed by atoms with E-state index in [-0.39, 0.29) is 5.78 Å². The zero-order valence-electron chi connectivity index (χ0n) is 8.64. The summed E-state index contributed by atoms with van der Waals surface area (Å²) in [4.78, 5) is 12.3. The van der Waals surface area contributed by atoms with Crippen LogP contribution in [0.3, 0.4) is 0 Å². The monoisotopic (exact) mass is 306 g/mol. The summed E-state index contributed by atoms with van der Waals surface area (Å²) in [5, 5.41) is 3.07. The highest BCUT2D eigenvalue weighted by atomic mass is 79.9. The van der Waals surface area contributed by atoms with Gasteiger partial charge in [0.15, 0.2) is 10.4 Å². The predicted molar refractivity (Wildman–Crippen MR) is 71.7 cm³/mol. The van der Waals surface area contributed by atoms with Crippen molar-refractivity contribution >= 4 is 43.1 Å². The van der Waals surface area contributed by atoms with Gasteiger partial charge in [-0.3, -0.25) is 4.79 Å². The van der Waals surface area contributed by atoms with Gasteiger partial charge < -0.3 is 4.42 Å². The van der Waals surface area contributed by atoms with Gasteiger partial charge in [0, 0.05) is 10.3 Å². The second-order valence-electron chi connectivity index (χ2n) is 3.58. The number of hydrogen-bond donors (Lipinski definition) is 0. The lowest BCUT2D eigenvalue weighted by Crippen LogP contribution is -1.99. The lowest BCUT2D eigenvalue weighted by molar-refractivity contribution is 0.101. The van der Waals surface area contributed by atoms with E-state index in [0.717, 1.165) is 10.1 Å². The minimum absolute atomic E-state index is 0.0799. The van der Waals surface area contributed by atoms with Crippen LogP contribution in [0.5, 0.6) is 0 Å². The molecule has 0 saturated carbocycles. The van der Waals surface area contributed by atoms with Crippen molar-refractivity contribution in [3.05, 3.63) is 57.8 Å². The summed E-state index contributed by atoms with van der Waals surface area (Å²) in [6, 6.07) is 11.1. The number of ketones is 1. The molecular formula is C13H7BrO2S. The molecule has 0 radical (unpaired) electrons. The van der Waals surface area contributed by atoms with Crippen LogP contribution >= 0.6 is 27.3 Å². The predicted octanol–water partition coefficient (Wildman–Crippen LogP) is 4.49. The number of benzene rings is 1. The topological polar surface area (TPSA) is 30.2 Å². The molecule has 0 spiro atoms. The maximum Gasteiger partial charge on any atom is 0.229 e. The van der Waals surface area contributed by atoms with E-state index in [4.69, 9.17) is 4.42 Å². The molecular weight excluding hydrogens is 300 g/mol. The molecule has 0 N–H and O–H groups in total. The van der Waals surface area contributed by atoms with Crippen LogP contribution in [0.15, 0.2) is 50.9 Å². The molecule has 0 fully saturated rings. The lowest BCUT2D eigenvalue weighted by atomic mass is 10.1. The van der Waals surface area contributed by atoms with E-state index in [2.05, 4.69) is 15.9 Å². The first-order valence-corrected chi connectivity index (χ1v) is 6.69. The van der Waals surface area contributed by atoms with Crippen molar-refractivity contribution < 1.29 is 9.21 Å². The molecule has 2 aromatic heterocycles. The standard InChI is InChI=1S/C13H7BrO2S/c14-11-5-4-10(16-11)12(15)9-3-1-2-8-6-7-17-13(8)9/h1-7H. The van der Waals surface area contributed by atoms with E-state index in [1.54, 1.807) is 23.5 Å². The van der Waals surface area contributed by atoms with Crippen molar-refractivity contribution in [2.24, 2.45) is 0 Å². The average molecular weight is 307 g/mol. The second kappa shape index (κ2) is 4.13. The molecule has 4 heteroatoms. The summed E-state index contributed by atoms with van der Waals surface area (Å²) in [7, 11) is 0. The Morgan fingerprint density at radius 1 is 1.18 bits per heavy atom. The van der Waals surface area contributed by atoms with Crippen molar-refractivity contribution in [2.75, 3.05) is 0 Å². The number of thiophene rings is 1. The molecule has 0 aliphatic rings. The van der Waals surface area contributed by atoms with E-state index >= 15 is 0 Å². The number of halogens is 1. The van der Waals surface area contributed by atoms with Gasteiger partial charge in [-0.25, -0.2) is 0 Å². The Bertz CT molecular complexity index is 696. The average Bonchev–Trinajstić information content (AvgIpc) is 2.95. The van der Waals surface area contributed by atoms with E-state index in [9.17, 15) is 4.79 Å². The summed E-state index contributed by atoms with van der Waals surface area (Å²) in [5.74, 6) is 0.279. The van der Waals surface area contributed by atoms with Crippen LogP contribution < -0.4 is 0 Å². The highest BCUT2D eigenvalue weighted by molar-refractivity contribution is 9.10. The summed E-state index contributed by atoms with van der Waals surface area (Å²) in [6.45, 7) is 0. The van der Waals surface area contributed by atoms with Crippen molar-refractivity contribution in [3.63, 3.8) is 0 Å². The molecule has 0 unspecified atom stereocenters. The fourth-order valence-electron chi connectivity index (χ4n) is 1.74. The smallest absolute Gasteiger partial charge is 0.229 e. The molecule has 2 nitrogen and oxygen atoms in total. The molecule has 0 aliphatic carbocycles. The van der Waals surface area contributed by atoms with Crippen LogP contribution in [0.1, 0.15) is 16.1 Å². The van der Waals surface area contributed by atoms with Crippen molar-refractivity contribution in [1.82, 2.24) is 0 Å². The second-order valence-corrected chi connectivity index (χ2v) is 5.28. The van der Waals surface area contributed by atoms with E-state index in [1.165, 1.54) is 0 Å². The maximum atomic E-state index is 12.3. The fraction of sp³-hybridized carbons (Fsp3) is 0. The Kier molecular flexibility index (Phi) is 2.61. The third-order valence-corrected chi connectivity index (χ3v) is 3.91. The van der Waals surface area contributed by atoms with Gasteiger partial charge >= 0.3 is 0 Å². The first-order valence-electron chi connectivity index (χ1n) is 5.02. The van der Waals surface area contributed by atoms with Gasteiger partial charge in [0.05, 0.1) is 0 Å². The Balaban J connectivity index is 2.15. The molecule has 2 heterocycles.